The highest BCUT2D eigenvalue weighted by Gasteiger charge is 2.42. The van der Waals surface area contributed by atoms with Crippen LogP contribution in [0.25, 0.3) is 5.57 Å². The highest BCUT2D eigenvalue weighted by Crippen LogP contribution is 2.36. The molecule has 0 radical (unpaired) electrons. The number of anilines is 2. The maximum atomic E-state index is 13.6. The third-order valence-corrected chi connectivity index (χ3v) is 5.41. The molecule has 0 atom stereocenters. The second-order valence-electron chi connectivity index (χ2n) is 7.78. The molecule has 0 saturated heterocycles. The number of aryl methyl sites for hydroxylation is 1. The molecule has 0 spiro atoms. The number of hydrogen-bond acceptors (Lipinski definition) is 4. The maximum Gasteiger partial charge on any atom is 0.282 e. The molecule has 0 aromatic heterocycles. The van der Waals surface area contributed by atoms with Crippen molar-refractivity contribution in [1.82, 2.24) is 0 Å². The molecule has 2 amide bonds. The Balaban J connectivity index is 1.81. The minimum atomic E-state index is -0.340. The lowest BCUT2D eigenvalue weighted by Gasteiger charge is -2.21. The minimum Gasteiger partial charge on any atom is -0.494 e. The zero-order valence-electron chi connectivity index (χ0n) is 18.5. The summed E-state index contributed by atoms with van der Waals surface area (Å²) < 4.78 is 5.68. The fourth-order valence-corrected chi connectivity index (χ4v) is 3.81. The van der Waals surface area contributed by atoms with Crippen LogP contribution in [0.2, 0.25) is 0 Å². The Kier molecular flexibility index (Phi) is 6.08. The van der Waals surface area contributed by atoms with Crippen LogP contribution in [0.1, 0.15) is 24.5 Å². The molecular weight excluding hydrogens is 400 g/mol. The van der Waals surface area contributed by atoms with E-state index < -0.39 is 0 Å². The largest absolute Gasteiger partial charge is 0.494 e. The van der Waals surface area contributed by atoms with Crippen LogP contribution in [0, 0.1) is 6.92 Å². The number of ether oxygens (including phenoxy) is 1. The van der Waals surface area contributed by atoms with Gasteiger partial charge >= 0.3 is 0 Å². The lowest BCUT2D eigenvalue weighted by molar-refractivity contribution is -0.120. The summed E-state index contributed by atoms with van der Waals surface area (Å²) in [5.41, 5.74) is 3.79. The molecular formula is C27H26N2O3. The monoisotopic (exact) mass is 426 g/mol. The van der Waals surface area contributed by atoms with Crippen molar-refractivity contribution < 1.29 is 14.3 Å². The number of nitrogens with zero attached hydrogens (tertiary/aromatic N) is 2. The van der Waals surface area contributed by atoms with E-state index in [9.17, 15) is 9.59 Å². The predicted molar refractivity (Wildman–Crippen MR) is 128 cm³/mol. The number of rotatable bonds is 7. The van der Waals surface area contributed by atoms with Crippen molar-refractivity contribution in [2.45, 2.75) is 20.3 Å². The molecule has 0 fully saturated rings. The van der Waals surface area contributed by atoms with Crippen LogP contribution in [-0.4, -0.2) is 25.5 Å². The molecule has 0 N–H and O–H groups in total. The molecule has 3 aromatic carbocycles. The van der Waals surface area contributed by atoms with Crippen molar-refractivity contribution in [1.29, 1.82) is 0 Å². The summed E-state index contributed by atoms with van der Waals surface area (Å²) in [4.78, 5) is 30.3. The SMILES string of the molecule is CCCOc1ccc(C2=C(N(C)c3ccccc3)C(=O)N(c3cccc(C)c3)C2=O)cc1. The highest BCUT2D eigenvalue weighted by atomic mass is 16.5. The molecule has 1 aliphatic heterocycles. The van der Waals surface area contributed by atoms with Gasteiger partial charge < -0.3 is 9.64 Å². The fourth-order valence-electron chi connectivity index (χ4n) is 3.81. The smallest absolute Gasteiger partial charge is 0.282 e. The van der Waals surface area contributed by atoms with Crippen LogP contribution in [-0.2, 0) is 9.59 Å². The van der Waals surface area contributed by atoms with E-state index in [-0.39, 0.29) is 11.8 Å². The molecule has 3 aromatic rings. The molecule has 1 aliphatic rings. The van der Waals surface area contributed by atoms with E-state index in [0.29, 0.717) is 29.1 Å². The first-order valence-electron chi connectivity index (χ1n) is 10.7. The summed E-state index contributed by atoms with van der Waals surface area (Å²) in [5.74, 6) is 0.0651. The van der Waals surface area contributed by atoms with Gasteiger partial charge in [0.25, 0.3) is 11.8 Å². The summed E-state index contributed by atoms with van der Waals surface area (Å²) in [6.07, 6.45) is 0.914. The standard InChI is InChI=1S/C27H26N2O3/c1-4-17-32-23-15-13-20(14-16-23)24-25(28(3)21-10-6-5-7-11-21)27(31)29(26(24)30)22-12-8-9-19(2)18-22/h5-16,18H,4,17H2,1-3H3. The van der Waals surface area contributed by atoms with Crippen LogP contribution >= 0.6 is 0 Å². The van der Waals surface area contributed by atoms with E-state index in [0.717, 1.165) is 23.4 Å². The molecule has 1 heterocycles. The number of carbonyl (C=O) groups is 2. The van der Waals surface area contributed by atoms with Crippen molar-refractivity contribution in [2.24, 2.45) is 0 Å². The predicted octanol–water partition coefficient (Wildman–Crippen LogP) is 5.20. The Hall–Kier alpha value is -3.86. The zero-order valence-corrected chi connectivity index (χ0v) is 18.5. The molecule has 162 valence electrons. The van der Waals surface area contributed by atoms with E-state index >= 15 is 0 Å². The molecule has 0 unspecified atom stereocenters. The van der Waals surface area contributed by atoms with Gasteiger partial charge in [0, 0.05) is 12.7 Å². The quantitative estimate of drug-likeness (QED) is 0.487. The van der Waals surface area contributed by atoms with Crippen molar-refractivity contribution in [3.8, 4) is 5.75 Å². The average Bonchev–Trinajstić information content (AvgIpc) is 3.08. The molecule has 5 heteroatoms. The van der Waals surface area contributed by atoms with E-state index in [2.05, 4.69) is 0 Å². The second kappa shape index (κ2) is 9.10. The summed E-state index contributed by atoms with van der Waals surface area (Å²) in [6.45, 7) is 4.62. The Morgan fingerprint density at radius 1 is 0.875 bits per heavy atom. The van der Waals surface area contributed by atoms with Crippen LogP contribution in [0.15, 0.2) is 84.6 Å². The number of hydrogen-bond donors (Lipinski definition) is 0. The highest BCUT2D eigenvalue weighted by molar-refractivity contribution is 6.46. The van der Waals surface area contributed by atoms with Gasteiger partial charge in [-0.15, -0.1) is 0 Å². The first-order valence-corrected chi connectivity index (χ1v) is 10.7. The molecule has 5 nitrogen and oxygen atoms in total. The molecule has 0 bridgehead atoms. The first kappa shape index (κ1) is 21.4. The van der Waals surface area contributed by atoms with Gasteiger partial charge in [-0.3, -0.25) is 9.59 Å². The number of imide groups is 1. The third kappa shape index (κ3) is 4.02. The Morgan fingerprint density at radius 2 is 1.59 bits per heavy atom. The summed E-state index contributed by atoms with van der Waals surface area (Å²) >= 11 is 0. The van der Waals surface area contributed by atoms with Crippen LogP contribution in [0.5, 0.6) is 5.75 Å². The van der Waals surface area contributed by atoms with Gasteiger partial charge in [-0.1, -0.05) is 49.4 Å². The molecule has 0 aliphatic carbocycles. The van der Waals surface area contributed by atoms with Gasteiger partial charge in [-0.25, -0.2) is 4.90 Å². The van der Waals surface area contributed by atoms with Crippen molar-refractivity contribution in [2.75, 3.05) is 23.5 Å². The molecule has 32 heavy (non-hydrogen) atoms. The van der Waals surface area contributed by atoms with Gasteiger partial charge in [0.05, 0.1) is 17.9 Å². The molecule has 4 rings (SSSR count). The lowest BCUT2D eigenvalue weighted by Crippen LogP contribution is -2.34. The van der Waals surface area contributed by atoms with Gasteiger partial charge in [0.15, 0.2) is 0 Å². The van der Waals surface area contributed by atoms with E-state index in [1.807, 2.05) is 93.7 Å². The topological polar surface area (TPSA) is 49.9 Å². The lowest BCUT2D eigenvalue weighted by atomic mass is 10.0. The first-order chi connectivity index (χ1) is 15.5. The third-order valence-electron chi connectivity index (χ3n) is 5.41. The Labute approximate surface area is 188 Å². The number of likely N-dealkylation sites (N-methyl/N-ethyl adjacent to an activating group) is 1. The van der Waals surface area contributed by atoms with E-state index in [1.165, 1.54) is 4.90 Å². The van der Waals surface area contributed by atoms with Crippen molar-refractivity contribution >= 4 is 28.8 Å². The van der Waals surface area contributed by atoms with Gasteiger partial charge in [0.1, 0.15) is 11.4 Å². The van der Waals surface area contributed by atoms with Crippen LogP contribution in [0.4, 0.5) is 11.4 Å². The summed E-state index contributed by atoms with van der Waals surface area (Å²) in [6, 6.07) is 24.3. The number of benzene rings is 3. The van der Waals surface area contributed by atoms with Gasteiger partial charge in [0.2, 0.25) is 0 Å². The minimum absolute atomic E-state index is 0.333. The summed E-state index contributed by atoms with van der Waals surface area (Å²) in [7, 11) is 1.81. The number of carbonyl (C=O) groups excluding carboxylic acids is 2. The normalized spacial score (nSPS) is 13.7. The number of amides is 2. The average molecular weight is 427 g/mol. The van der Waals surface area contributed by atoms with Crippen LogP contribution < -0.4 is 14.5 Å². The Morgan fingerprint density at radius 3 is 2.25 bits per heavy atom. The Bertz CT molecular complexity index is 1170. The van der Waals surface area contributed by atoms with E-state index in [1.54, 1.807) is 11.0 Å². The van der Waals surface area contributed by atoms with Crippen molar-refractivity contribution in [3.05, 3.63) is 95.7 Å². The zero-order chi connectivity index (χ0) is 22.7. The number of para-hydroxylation sites is 1. The molecule has 0 saturated carbocycles. The van der Waals surface area contributed by atoms with E-state index in [4.69, 9.17) is 4.74 Å². The second-order valence-corrected chi connectivity index (χ2v) is 7.78. The van der Waals surface area contributed by atoms with Gasteiger partial charge in [-0.2, -0.15) is 0 Å². The maximum absolute atomic E-state index is 13.6. The van der Waals surface area contributed by atoms with Crippen LogP contribution in [0.3, 0.4) is 0 Å². The van der Waals surface area contributed by atoms with Gasteiger partial charge in [-0.05, 0) is 60.9 Å². The fraction of sp³-hybridized carbons (Fsp3) is 0.185. The summed E-state index contributed by atoms with van der Waals surface area (Å²) in [5, 5.41) is 0. The van der Waals surface area contributed by atoms with Crippen molar-refractivity contribution in [3.63, 3.8) is 0 Å².